The average molecular weight is 417 g/mol. The molecule has 0 aliphatic heterocycles. The number of nitrogens with two attached hydrogens (primary N) is 1. The monoisotopic (exact) mass is 417 g/mol. The Morgan fingerprint density at radius 1 is 1.06 bits per heavy atom. The maximum Gasteiger partial charge on any atom is 0.152 e. The zero-order valence-electron chi connectivity index (χ0n) is 17.4. The van der Waals surface area contributed by atoms with Gasteiger partial charge in [-0.25, -0.2) is 9.37 Å². The molecule has 0 bridgehead atoms. The van der Waals surface area contributed by atoms with Gasteiger partial charge in [-0.15, -0.1) is 0 Å². The maximum absolute atomic E-state index is 13.9. The van der Waals surface area contributed by atoms with E-state index >= 15 is 0 Å². The zero-order valence-corrected chi connectivity index (χ0v) is 17.4. The van der Waals surface area contributed by atoms with E-state index in [1.807, 2.05) is 38.4 Å². The van der Waals surface area contributed by atoms with Crippen LogP contribution in [0.4, 0.5) is 15.9 Å². The molecule has 4 aromatic rings. The first-order valence-corrected chi connectivity index (χ1v) is 9.73. The number of fused-ring (bicyclic) bond motifs is 1. The molecule has 0 unspecified atom stereocenters. The number of hydrogen-bond acceptors (Lipinski definition) is 6. The van der Waals surface area contributed by atoms with Gasteiger partial charge in [0.25, 0.3) is 0 Å². The van der Waals surface area contributed by atoms with Crippen LogP contribution in [0.1, 0.15) is 15.9 Å². The number of anilines is 2. The fourth-order valence-corrected chi connectivity index (χ4v) is 2.98. The number of halogens is 1. The van der Waals surface area contributed by atoms with Crippen LogP contribution in [0.3, 0.4) is 0 Å². The Balaban J connectivity index is 0.000000858. The number of carbonyl (C=O) groups excluding carboxylic acids is 1. The Kier molecular flexibility index (Phi) is 7.24. The van der Waals surface area contributed by atoms with E-state index in [0.717, 1.165) is 16.5 Å². The van der Waals surface area contributed by atoms with Crippen LogP contribution >= 0.6 is 0 Å². The van der Waals surface area contributed by atoms with Gasteiger partial charge in [-0.3, -0.25) is 9.78 Å². The molecule has 0 amide bonds. The van der Waals surface area contributed by atoms with Crippen LogP contribution in [0, 0.1) is 5.82 Å². The molecule has 2 aromatic carbocycles. The predicted octanol–water partition coefficient (Wildman–Crippen LogP) is 4.28. The minimum atomic E-state index is -0.578. The number of aromatic nitrogens is 2. The van der Waals surface area contributed by atoms with Crippen molar-refractivity contribution >= 4 is 28.7 Å². The number of benzene rings is 2. The molecule has 2 aromatic heterocycles. The number of nitrogens with one attached hydrogen (secondary N) is 2. The quantitative estimate of drug-likeness (QED) is 0.420. The Labute approximate surface area is 180 Å². The van der Waals surface area contributed by atoms with Crippen LogP contribution in [-0.2, 0) is 6.54 Å². The van der Waals surface area contributed by atoms with Crippen LogP contribution in [0.25, 0.3) is 22.2 Å². The molecule has 6 nitrogen and oxygen atoms in total. The van der Waals surface area contributed by atoms with Crippen LogP contribution < -0.4 is 16.4 Å². The maximum atomic E-state index is 13.9. The van der Waals surface area contributed by atoms with Gasteiger partial charge in [0, 0.05) is 23.7 Å². The highest BCUT2D eigenvalue weighted by Crippen LogP contribution is 2.25. The molecular weight excluding hydrogens is 393 g/mol. The van der Waals surface area contributed by atoms with Gasteiger partial charge in [0.2, 0.25) is 0 Å². The van der Waals surface area contributed by atoms with Crippen molar-refractivity contribution in [1.82, 2.24) is 15.3 Å². The second-order valence-corrected chi connectivity index (χ2v) is 6.87. The Bertz CT molecular complexity index is 1200. The van der Waals surface area contributed by atoms with E-state index in [1.165, 1.54) is 12.1 Å². The molecule has 0 aliphatic carbocycles. The summed E-state index contributed by atoms with van der Waals surface area (Å²) in [6.45, 7) is 0.532. The summed E-state index contributed by atoms with van der Waals surface area (Å²) < 4.78 is 13.9. The van der Waals surface area contributed by atoms with Gasteiger partial charge in [0.1, 0.15) is 11.6 Å². The first-order chi connectivity index (χ1) is 15.0. The SMILES string of the molecule is CNC.Nc1ccc(-c2ccc(C=O)c(F)c2)nc1NCc1ccc2ncccc2c1. The van der Waals surface area contributed by atoms with Crippen molar-refractivity contribution < 1.29 is 9.18 Å². The molecule has 4 rings (SSSR count). The van der Waals surface area contributed by atoms with Crippen molar-refractivity contribution in [3.63, 3.8) is 0 Å². The summed E-state index contributed by atoms with van der Waals surface area (Å²) in [7, 11) is 3.75. The molecule has 2 heterocycles. The van der Waals surface area contributed by atoms with E-state index in [9.17, 15) is 9.18 Å². The summed E-state index contributed by atoms with van der Waals surface area (Å²) in [5.41, 5.74) is 9.69. The van der Waals surface area contributed by atoms with Crippen LogP contribution in [0.2, 0.25) is 0 Å². The highest BCUT2D eigenvalue weighted by atomic mass is 19.1. The van der Waals surface area contributed by atoms with Gasteiger partial charge >= 0.3 is 0 Å². The predicted molar refractivity (Wildman–Crippen MR) is 123 cm³/mol. The number of carbonyl (C=O) groups is 1. The van der Waals surface area contributed by atoms with E-state index in [1.54, 1.807) is 24.4 Å². The minimum absolute atomic E-state index is 0.0170. The van der Waals surface area contributed by atoms with Crippen molar-refractivity contribution in [3.05, 3.63) is 83.8 Å². The van der Waals surface area contributed by atoms with Crippen molar-refractivity contribution in [3.8, 4) is 11.3 Å². The van der Waals surface area contributed by atoms with E-state index in [2.05, 4.69) is 26.7 Å². The average Bonchev–Trinajstić information content (AvgIpc) is 2.79. The van der Waals surface area contributed by atoms with Crippen LogP contribution in [-0.4, -0.2) is 30.3 Å². The standard InChI is InChI=1S/C22H17FN4O.C2H7N/c23-18-11-16(4-5-17(18)13-28)21-8-6-19(24)22(27-21)26-12-14-3-7-20-15(10-14)2-1-9-25-20;1-3-2/h1-11,13H,12,24H2,(H,26,27);3H,1-2H3. The topological polar surface area (TPSA) is 92.9 Å². The highest BCUT2D eigenvalue weighted by molar-refractivity contribution is 5.79. The number of aldehydes is 1. The van der Waals surface area contributed by atoms with E-state index < -0.39 is 5.82 Å². The lowest BCUT2D eigenvalue weighted by molar-refractivity contribution is 0.112. The number of nitrogens with zero attached hydrogens (tertiary/aromatic N) is 2. The summed E-state index contributed by atoms with van der Waals surface area (Å²) >= 11 is 0. The van der Waals surface area contributed by atoms with E-state index in [-0.39, 0.29) is 5.56 Å². The van der Waals surface area contributed by atoms with Crippen LogP contribution in [0.15, 0.2) is 66.9 Å². The summed E-state index contributed by atoms with van der Waals surface area (Å²) in [5, 5.41) is 7.04. The van der Waals surface area contributed by atoms with Crippen molar-refractivity contribution in [1.29, 1.82) is 0 Å². The smallest absolute Gasteiger partial charge is 0.152 e. The molecule has 0 aliphatic rings. The Morgan fingerprint density at radius 3 is 2.61 bits per heavy atom. The lowest BCUT2D eigenvalue weighted by Crippen LogP contribution is -2.05. The molecular formula is C24H24FN5O. The number of hydrogen-bond donors (Lipinski definition) is 3. The van der Waals surface area contributed by atoms with Crippen molar-refractivity contribution in [2.24, 2.45) is 0 Å². The lowest BCUT2D eigenvalue weighted by Gasteiger charge is -2.11. The van der Waals surface area contributed by atoms with Gasteiger partial charge < -0.3 is 16.4 Å². The Hall–Kier alpha value is -3.84. The summed E-state index contributed by atoms with van der Waals surface area (Å²) in [6, 6.07) is 17.8. The van der Waals surface area contributed by atoms with E-state index in [0.29, 0.717) is 35.6 Å². The normalized spacial score (nSPS) is 10.3. The fraction of sp³-hybridized carbons (Fsp3) is 0.125. The van der Waals surface area contributed by atoms with E-state index in [4.69, 9.17) is 5.73 Å². The van der Waals surface area contributed by atoms with Gasteiger partial charge in [-0.1, -0.05) is 18.2 Å². The van der Waals surface area contributed by atoms with Crippen molar-refractivity contribution in [2.75, 3.05) is 25.1 Å². The number of rotatable bonds is 5. The molecule has 0 saturated heterocycles. The highest BCUT2D eigenvalue weighted by Gasteiger charge is 2.09. The second kappa shape index (κ2) is 10.3. The molecule has 0 spiro atoms. The minimum Gasteiger partial charge on any atom is -0.396 e. The molecule has 0 radical (unpaired) electrons. The molecule has 4 N–H and O–H groups in total. The fourth-order valence-electron chi connectivity index (χ4n) is 2.98. The molecule has 7 heteroatoms. The van der Waals surface area contributed by atoms with Crippen LogP contribution in [0.5, 0.6) is 0 Å². The zero-order chi connectivity index (χ0) is 22.2. The van der Waals surface area contributed by atoms with Gasteiger partial charge in [0.05, 0.1) is 22.5 Å². The summed E-state index contributed by atoms with van der Waals surface area (Å²) in [4.78, 5) is 19.6. The van der Waals surface area contributed by atoms with Gasteiger partial charge in [0.15, 0.2) is 6.29 Å². The molecule has 0 saturated carbocycles. The third kappa shape index (κ3) is 5.40. The first-order valence-electron chi connectivity index (χ1n) is 9.73. The Morgan fingerprint density at radius 2 is 1.87 bits per heavy atom. The molecule has 158 valence electrons. The molecule has 0 fully saturated rings. The third-order valence-electron chi connectivity index (χ3n) is 4.48. The van der Waals surface area contributed by atoms with Gasteiger partial charge in [-0.2, -0.15) is 0 Å². The molecule has 0 atom stereocenters. The summed E-state index contributed by atoms with van der Waals surface area (Å²) in [6.07, 6.45) is 2.25. The number of nitrogen functional groups attached to an aromatic ring is 1. The first kappa shape index (κ1) is 21.9. The largest absolute Gasteiger partial charge is 0.396 e. The number of pyridine rings is 2. The van der Waals surface area contributed by atoms with Crippen molar-refractivity contribution in [2.45, 2.75) is 6.54 Å². The molecule has 31 heavy (non-hydrogen) atoms. The summed E-state index contributed by atoms with van der Waals surface area (Å²) in [5.74, 6) is -0.0611. The second-order valence-electron chi connectivity index (χ2n) is 6.87. The lowest BCUT2D eigenvalue weighted by atomic mass is 10.1. The third-order valence-corrected chi connectivity index (χ3v) is 4.48. The van der Waals surface area contributed by atoms with Gasteiger partial charge in [-0.05, 0) is 62.1 Å².